The number of halogens is 2. The molecule has 2 aromatic rings. The number of thiazole rings is 1. The predicted molar refractivity (Wildman–Crippen MR) is 68.6 cm³/mol. The Morgan fingerprint density at radius 2 is 1.83 bits per heavy atom. The first kappa shape index (κ1) is 13.1. The normalized spacial score (nSPS) is 12.7. The molecule has 2 nitrogen and oxygen atoms in total. The van der Waals surface area contributed by atoms with E-state index in [4.69, 9.17) is 5.73 Å². The minimum atomic E-state index is -0.575. The third kappa shape index (κ3) is 2.91. The molecule has 0 aliphatic rings. The highest BCUT2D eigenvalue weighted by molar-refractivity contribution is 7.11. The zero-order valence-electron chi connectivity index (χ0n) is 10.2. The third-order valence-corrected chi connectivity index (χ3v) is 3.86. The van der Waals surface area contributed by atoms with Crippen molar-refractivity contribution >= 4 is 11.3 Å². The van der Waals surface area contributed by atoms with Gasteiger partial charge in [0.2, 0.25) is 0 Å². The van der Waals surface area contributed by atoms with Gasteiger partial charge in [-0.25, -0.2) is 13.8 Å². The lowest BCUT2D eigenvalue weighted by atomic mass is 10.0. The number of hydrogen-bond acceptors (Lipinski definition) is 3. The fourth-order valence-corrected chi connectivity index (χ4v) is 2.90. The number of aromatic nitrogens is 1. The van der Waals surface area contributed by atoms with Crippen LogP contribution in [-0.2, 0) is 6.42 Å². The second-order valence-electron chi connectivity index (χ2n) is 4.27. The Bertz CT molecular complexity index is 546. The number of aryl methyl sites for hydroxylation is 2. The van der Waals surface area contributed by atoms with Crippen molar-refractivity contribution < 1.29 is 8.78 Å². The summed E-state index contributed by atoms with van der Waals surface area (Å²) in [6.07, 6.45) is 0.400. The van der Waals surface area contributed by atoms with Crippen LogP contribution in [0.5, 0.6) is 0 Å². The minimum Gasteiger partial charge on any atom is -0.323 e. The van der Waals surface area contributed by atoms with Crippen molar-refractivity contribution in [1.82, 2.24) is 4.98 Å². The summed E-state index contributed by atoms with van der Waals surface area (Å²) in [5.41, 5.74) is 7.52. The molecule has 96 valence electrons. The van der Waals surface area contributed by atoms with Gasteiger partial charge in [0, 0.05) is 17.0 Å². The lowest BCUT2D eigenvalue weighted by Gasteiger charge is -2.10. The number of hydrogen-bond donors (Lipinski definition) is 1. The molecular weight excluding hydrogens is 254 g/mol. The fourth-order valence-electron chi connectivity index (χ4n) is 1.97. The monoisotopic (exact) mass is 268 g/mol. The predicted octanol–water partition coefficient (Wildman–Crippen LogP) is 3.28. The molecule has 1 heterocycles. The smallest absolute Gasteiger partial charge is 0.126 e. The topological polar surface area (TPSA) is 38.9 Å². The van der Waals surface area contributed by atoms with E-state index in [0.717, 1.165) is 21.6 Å². The van der Waals surface area contributed by atoms with Gasteiger partial charge in [-0.3, -0.25) is 0 Å². The molecule has 1 aromatic carbocycles. The van der Waals surface area contributed by atoms with Crippen LogP contribution in [-0.4, -0.2) is 4.98 Å². The molecule has 0 aliphatic heterocycles. The Morgan fingerprint density at radius 3 is 2.33 bits per heavy atom. The SMILES string of the molecule is Cc1nc(C)c(C(N)Cc2cc(F)cc(F)c2)s1. The lowest BCUT2D eigenvalue weighted by Crippen LogP contribution is -2.13. The van der Waals surface area contributed by atoms with Crippen molar-refractivity contribution in [3.05, 3.63) is 51.0 Å². The van der Waals surface area contributed by atoms with Crippen molar-refractivity contribution in [2.75, 3.05) is 0 Å². The van der Waals surface area contributed by atoms with Gasteiger partial charge < -0.3 is 5.73 Å². The molecule has 0 spiro atoms. The minimum absolute atomic E-state index is 0.280. The fraction of sp³-hybridized carbons (Fsp3) is 0.308. The van der Waals surface area contributed by atoms with Crippen LogP contribution in [0, 0.1) is 25.5 Å². The van der Waals surface area contributed by atoms with Gasteiger partial charge in [-0.15, -0.1) is 11.3 Å². The van der Waals surface area contributed by atoms with Gasteiger partial charge in [0.05, 0.1) is 10.7 Å². The van der Waals surface area contributed by atoms with Crippen LogP contribution >= 0.6 is 11.3 Å². The Balaban J connectivity index is 2.20. The summed E-state index contributed by atoms with van der Waals surface area (Å²) in [6, 6.07) is 3.20. The molecule has 2 rings (SSSR count). The molecule has 0 amide bonds. The highest BCUT2D eigenvalue weighted by Crippen LogP contribution is 2.26. The first-order valence-corrected chi connectivity index (χ1v) is 6.42. The molecule has 0 radical (unpaired) electrons. The summed E-state index contributed by atoms with van der Waals surface area (Å²) in [4.78, 5) is 5.27. The first-order valence-electron chi connectivity index (χ1n) is 5.60. The van der Waals surface area contributed by atoms with Crippen LogP contribution in [0.2, 0.25) is 0 Å². The van der Waals surface area contributed by atoms with Crippen LogP contribution in [0.25, 0.3) is 0 Å². The zero-order valence-corrected chi connectivity index (χ0v) is 11.0. The number of benzene rings is 1. The second kappa shape index (κ2) is 5.12. The van der Waals surface area contributed by atoms with Gasteiger partial charge in [0.25, 0.3) is 0 Å². The molecule has 1 atom stereocenters. The van der Waals surface area contributed by atoms with Gasteiger partial charge >= 0.3 is 0 Å². The van der Waals surface area contributed by atoms with E-state index in [2.05, 4.69) is 4.98 Å². The maximum atomic E-state index is 13.1. The molecular formula is C13H14F2N2S. The van der Waals surface area contributed by atoms with E-state index in [-0.39, 0.29) is 6.04 Å². The van der Waals surface area contributed by atoms with Gasteiger partial charge in [-0.05, 0) is 38.0 Å². The summed E-state index contributed by atoms with van der Waals surface area (Å²) in [7, 11) is 0. The standard InChI is InChI=1S/C13H14F2N2S/c1-7-13(18-8(2)17-7)12(16)5-9-3-10(14)6-11(15)4-9/h3-4,6,12H,5,16H2,1-2H3. The van der Waals surface area contributed by atoms with E-state index in [9.17, 15) is 8.78 Å². The summed E-state index contributed by atoms with van der Waals surface area (Å²) in [6.45, 7) is 3.81. The summed E-state index contributed by atoms with van der Waals surface area (Å²) < 4.78 is 26.1. The Morgan fingerprint density at radius 1 is 1.22 bits per heavy atom. The van der Waals surface area contributed by atoms with E-state index >= 15 is 0 Å². The van der Waals surface area contributed by atoms with Crippen LogP contribution in [0.3, 0.4) is 0 Å². The molecule has 0 bridgehead atoms. The first-order chi connectivity index (χ1) is 8.45. The summed E-state index contributed by atoms with van der Waals surface area (Å²) in [5.74, 6) is -1.15. The van der Waals surface area contributed by atoms with Crippen molar-refractivity contribution in [1.29, 1.82) is 0 Å². The molecule has 18 heavy (non-hydrogen) atoms. The maximum Gasteiger partial charge on any atom is 0.126 e. The Kier molecular flexibility index (Phi) is 3.73. The third-order valence-electron chi connectivity index (χ3n) is 2.65. The summed E-state index contributed by atoms with van der Waals surface area (Å²) in [5, 5.41) is 0.948. The van der Waals surface area contributed by atoms with Gasteiger partial charge in [0.15, 0.2) is 0 Å². The van der Waals surface area contributed by atoms with Crippen LogP contribution < -0.4 is 5.73 Å². The molecule has 0 fully saturated rings. The lowest BCUT2D eigenvalue weighted by molar-refractivity contribution is 0.576. The van der Waals surface area contributed by atoms with Crippen LogP contribution in [0.1, 0.15) is 27.2 Å². The van der Waals surface area contributed by atoms with E-state index in [1.807, 2.05) is 13.8 Å². The molecule has 5 heteroatoms. The van der Waals surface area contributed by atoms with E-state index < -0.39 is 11.6 Å². The molecule has 1 unspecified atom stereocenters. The molecule has 1 aromatic heterocycles. The van der Waals surface area contributed by atoms with Crippen LogP contribution in [0.4, 0.5) is 8.78 Å². The van der Waals surface area contributed by atoms with Crippen molar-refractivity contribution in [3.8, 4) is 0 Å². The van der Waals surface area contributed by atoms with Crippen molar-refractivity contribution in [2.45, 2.75) is 26.3 Å². The van der Waals surface area contributed by atoms with Crippen LogP contribution in [0.15, 0.2) is 18.2 Å². The zero-order chi connectivity index (χ0) is 13.3. The van der Waals surface area contributed by atoms with Gasteiger partial charge in [0.1, 0.15) is 11.6 Å². The van der Waals surface area contributed by atoms with Crippen molar-refractivity contribution in [3.63, 3.8) is 0 Å². The number of nitrogens with zero attached hydrogens (tertiary/aromatic N) is 1. The van der Waals surface area contributed by atoms with E-state index in [0.29, 0.717) is 12.0 Å². The number of rotatable bonds is 3. The molecule has 0 aliphatic carbocycles. The molecule has 0 saturated heterocycles. The van der Waals surface area contributed by atoms with E-state index in [1.165, 1.54) is 23.5 Å². The maximum absolute atomic E-state index is 13.1. The quantitative estimate of drug-likeness (QED) is 0.927. The average Bonchev–Trinajstić information content (AvgIpc) is 2.56. The Labute approximate surface area is 108 Å². The molecule has 2 N–H and O–H groups in total. The van der Waals surface area contributed by atoms with Crippen molar-refractivity contribution in [2.24, 2.45) is 5.73 Å². The number of nitrogens with two attached hydrogens (primary N) is 1. The molecule has 0 saturated carbocycles. The van der Waals surface area contributed by atoms with Gasteiger partial charge in [-0.1, -0.05) is 0 Å². The van der Waals surface area contributed by atoms with E-state index in [1.54, 1.807) is 0 Å². The second-order valence-corrected chi connectivity index (χ2v) is 5.51. The highest BCUT2D eigenvalue weighted by Gasteiger charge is 2.14. The van der Waals surface area contributed by atoms with Gasteiger partial charge in [-0.2, -0.15) is 0 Å². The average molecular weight is 268 g/mol. The largest absolute Gasteiger partial charge is 0.323 e. The highest BCUT2D eigenvalue weighted by atomic mass is 32.1. The summed E-state index contributed by atoms with van der Waals surface area (Å²) >= 11 is 1.53. The Hall–Kier alpha value is -1.33.